The van der Waals surface area contributed by atoms with Crippen molar-refractivity contribution in [2.45, 2.75) is 45.8 Å². The van der Waals surface area contributed by atoms with E-state index in [1.807, 2.05) is 84.9 Å². The van der Waals surface area contributed by atoms with Crippen molar-refractivity contribution < 1.29 is 19.1 Å². The first-order valence-electron chi connectivity index (χ1n) is 12.2. The van der Waals surface area contributed by atoms with Crippen LogP contribution in [0.15, 0.2) is 84.9 Å². The van der Waals surface area contributed by atoms with Gasteiger partial charge in [-0.2, -0.15) is 0 Å². The summed E-state index contributed by atoms with van der Waals surface area (Å²) in [5.74, 6) is 0.817. The highest BCUT2D eigenvalue weighted by molar-refractivity contribution is 5.98. The smallest absolute Gasteiger partial charge is 0.227 e. The monoisotopic (exact) mass is 473 g/mol. The maximum absolute atomic E-state index is 12.2. The third kappa shape index (κ3) is 10.6. The van der Waals surface area contributed by atoms with Gasteiger partial charge in [0.05, 0.1) is 13.0 Å². The SMILES string of the molecule is CC(CCOCc1ccccc1)CNC(=O)CC(=O)CCc1ccc(OCc2ccccc2)cc1. The van der Waals surface area contributed by atoms with Crippen LogP contribution in [-0.4, -0.2) is 24.8 Å². The van der Waals surface area contributed by atoms with E-state index >= 15 is 0 Å². The first kappa shape index (κ1) is 26.2. The van der Waals surface area contributed by atoms with Crippen molar-refractivity contribution in [2.24, 2.45) is 5.92 Å². The number of nitrogens with one attached hydrogen (secondary N) is 1. The maximum Gasteiger partial charge on any atom is 0.227 e. The topological polar surface area (TPSA) is 64.6 Å². The van der Waals surface area contributed by atoms with Gasteiger partial charge < -0.3 is 14.8 Å². The van der Waals surface area contributed by atoms with Gasteiger partial charge in [0, 0.05) is 19.6 Å². The predicted octanol–water partition coefficient (Wildman–Crippen LogP) is 5.52. The summed E-state index contributed by atoms with van der Waals surface area (Å²) < 4.78 is 11.5. The number of carbonyl (C=O) groups is 2. The largest absolute Gasteiger partial charge is 0.489 e. The zero-order valence-electron chi connectivity index (χ0n) is 20.5. The van der Waals surface area contributed by atoms with E-state index in [0.717, 1.165) is 28.9 Å². The fourth-order valence-corrected chi connectivity index (χ4v) is 3.55. The van der Waals surface area contributed by atoms with E-state index in [9.17, 15) is 9.59 Å². The molecule has 3 aromatic rings. The minimum absolute atomic E-state index is 0.0502. The lowest BCUT2D eigenvalue weighted by molar-refractivity contribution is -0.128. The molecule has 1 N–H and O–H groups in total. The standard InChI is InChI=1S/C30H35NO4/c1-24(18-19-34-22-26-8-4-2-5-9-26)21-31-30(33)20-28(32)15-12-25-13-16-29(17-14-25)35-23-27-10-6-3-7-11-27/h2-11,13-14,16-17,24H,12,15,18-23H2,1H3,(H,31,33). The van der Waals surface area contributed by atoms with Crippen LogP contribution >= 0.6 is 0 Å². The Kier molecular flexibility index (Phi) is 11.0. The molecule has 35 heavy (non-hydrogen) atoms. The molecule has 0 aliphatic heterocycles. The van der Waals surface area contributed by atoms with Gasteiger partial charge in [0.2, 0.25) is 5.91 Å². The highest BCUT2D eigenvalue weighted by atomic mass is 16.5. The highest BCUT2D eigenvalue weighted by Crippen LogP contribution is 2.15. The van der Waals surface area contributed by atoms with Gasteiger partial charge in [-0.15, -0.1) is 0 Å². The highest BCUT2D eigenvalue weighted by Gasteiger charge is 2.11. The van der Waals surface area contributed by atoms with Gasteiger partial charge in [0.15, 0.2) is 0 Å². The van der Waals surface area contributed by atoms with Crippen LogP contribution in [0, 0.1) is 5.92 Å². The van der Waals surface area contributed by atoms with Crippen molar-refractivity contribution in [1.29, 1.82) is 0 Å². The number of aryl methyl sites for hydroxylation is 1. The summed E-state index contributed by atoms with van der Waals surface area (Å²) in [6.45, 7) is 4.37. The summed E-state index contributed by atoms with van der Waals surface area (Å²) in [5, 5.41) is 2.87. The Bertz CT molecular complexity index is 1020. The number of amides is 1. The summed E-state index contributed by atoms with van der Waals surface area (Å²) in [7, 11) is 0. The number of benzene rings is 3. The number of hydrogen-bond donors (Lipinski definition) is 1. The third-order valence-electron chi connectivity index (χ3n) is 5.74. The molecule has 0 radical (unpaired) electrons. The quantitative estimate of drug-likeness (QED) is 0.233. The molecule has 0 aromatic heterocycles. The molecule has 5 nitrogen and oxygen atoms in total. The minimum atomic E-state index is -0.211. The van der Waals surface area contributed by atoms with Gasteiger partial charge >= 0.3 is 0 Å². The number of ether oxygens (including phenoxy) is 2. The number of hydrogen-bond acceptors (Lipinski definition) is 4. The van der Waals surface area contributed by atoms with Crippen molar-refractivity contribution in [2.75, 3.05) is 13.2 Å². The molecule has 184 valence electrons. The summed E-state index contributed by atoms with van der Waals surface area (Å²) in [6, 6.07) is 27.8. The normalized spacial score (nSPS) is 11.6. The lowest BCUT2D eigenvalue weighted by Gasteiger charge is -2.13. The molecule has 0 heterocycles. The molecule has 1 unspecified atom stereocenters. The van der Waals surface area contributed by atoms with Gasteiger partial charge in [-0.3, -0.25) is 9.59 Å². The van der Waals surface area contributed by atoms with E-state index in [1.165, 1.54) is 0 Å². The van der Waals surface area contributed by atoms with Crippen LogP contribution in [0.2, 0.25) is 0 Å². The Morgan fingerprint density at radius 2 is 1.43 bits per heavy atom. The molecule has 3 rings (SSSR count). The van der Waals surface area contributed by atoms with Crippen molar-refractivity contribution in [3.8, 4) is 5.75 Å². The van der Waals surface area contributed by atoms with E-state index in [1.54, 1.807) is 0 Å². The molecular formula is C30H35NO4. The van der Waals surface area contributed by atoms with Crippen molar-refractivity contribution >= 4 is 11.7 Å². The van der Waals surface area contributed by atoms with Gasteiger partial charge in [-0.25, -0.2) is 0 Å². The van der Waals surface area contributed by atoms with Crippen LogP contribution in [0.1, 0.15) is 42.9 Å². The molecule has 0 saturated carbocycles. The molecule has 0 saturated heterocycles. The van der Waals surface area contributed by atoms with Gasteiger partial charge in [-0.05, 0) is 47.6 Å². The van der Waals surface area contributed by atoms with Gasteiger partial charge in [-0.1, -0.05) is 79.7 Å². The third-order valence-corrected chi connectivity index (χ3v) is 5.74. The van der Waals surface area contributed by atoms with Crippen LogP contribution in [-0.2, 0) is 34.0 Å². The number of ketones is 1. The lowest BCUT2D eigenvalue weighted by atomic mass is 10.1. The summed E-state index contributed by atoms with van der Waals surface area (Å²) in [6.07, 6.45) is 1.74. The zero-order valence-corrected chi connectivity index (χ0v) is 20.5. The minimum Gasteiger partial charge on any atom is -0.489 e. The Morgan fingerprint density at radius 1 is 0.800 bits per heavy atom. The van der Waals surface area contributed by atoms with E-state index in [4.69, 9.17) is 9.47 Å². The Labute approximate surface area is 208 Å². The molecule has 0 aliphatic rings. The second-order valence-corrected chi connectivity index (χ2v) is 8.87. The molecule has 0 aliphatic carbocycles. The molecule has 1 amide bonds. The van der Waals surface area contributed by atoms with Crippen molar-refractivity contribution in [1.82, 2.24) is 5.32 Å². The number of carbonyl (C=O) groups excluding carboxylic acids is 2. The van der Waals surface area contributed by atoms with Gasteiger partial charge in [0.1, 0.15) is 18.1 Å². The summed E-state index contributed by atoms with van der Waals surface area (Å²) in [4.78, 5) is 24.4. The predicted molar refractivity (Wildman–Crippen MR) is 138 cm³/mol. The molecular weight excluding hydrogens is 438 g/mol. The van der Waals surface area contributed by atoms with Crippen LogP contribution < -0.4 is 10.1 Å². The lowest BCUT2D eigenvalue weighted by Crippen LogP contribution is -2.30. The average molecular weight is 474 g/mol. The molecule has 0 spiro atoms. The van der Waals surface area contributed by atoms with Crippen molar-refractivity contribution in [3.05, 3.63) is 102 Å². The fraction of sp³-hybridized carbons (Fsp3) is 0.333. The van der Waals surface area contributed by atoms with E-state index in [-0.39, 0.29) is 24.0 Å². The molecule has 3 aromatic carbocycles. The zero-order chi connectivity index (χ0) is 24.7. The average Bonchev–Trinajstić information content (AvgIpc) is 2.89. The van der Waals surface area contributed by atoms with E-state index < -0.39 is 0 Å². The Balaban J connectivity index is 1.25. The summed E-state index contributed by atoms with van der Waals surface area (Å²) in [5.41, 5.74) is 3.32. The number of rotatable bonds is 15. The molecule has 1 atom stereocenters. The van der Waals surface area contributed by atoms with Gasteiger partial charge in [0.25, 0.3) is 0 Å². The second-order valence-electron chi connectivity index (χ2n) is 8.87. The maximum atomic E-state index is 12.2. The van der Waals surface area contributed by atoms with Crippen molar-refractivity contribution in [3.63, 3.8) is 0 Å². The van der Waals surface area contributed by atoms with Crippen LogP contribution in [0.3, 0.4) is 0 Å². The molecule has 5 heteroatoms. The number of Topliss-reactive ketones (excluding diaryl/α,β-unsaturated/α-hetero) is 1. The second kappa shape index (κ2) is 14.7. The van der Waals surface area contributed by atoms with E-state index in [2.05, 4.69) is 12.2 Å². The Morgan fingerprint density at radius 3 is 2.09 bits per heavy atom. The van der Waals surface area contributed by atoms with Crippen LogP contribution in [0.25, 0.3) is 0 Å². The van der Waals surface area contributed by atoms with Crippen LogP contribution in [0.5, 0.6) is 5.75 Å². The molecule has 0 bridgehead atoms. The van der Waals surface area contributed by atoms with E-state index in [0.29, 0.717) is 39.2 Å². The first-order chi connectivity index (χ1) is 17.1. The molecule has 0 fully saturated rings. The fourth-order valence-electron chi connectivity index (χ4n) is 3.55. The first-order valence-corrected chi connectivity index (χ1v) is 12.2. The van der Waals surface area contributed by atoms with Crippen LogP contribution in [0.4, 0.5) is 0 Å². The Hall–Kier alpha value is -3.44. The summed E-state index contributed by atoms with van der Waals surface area (Å²) >= 11 is 0.